The van der Waals surface area contributed by atoms with Crippen LogP contribution in [0.4, 0.5) is 0 Å². The fourth-order valence-electron chi connectivity index (χ4n) is 3.63. The zero-order valence-electron chi connectivity index (χ0n) is 13.4. The Labute approximate surface area is 131 Å². The molecule has 0 unspecified atom stereocenters. The van der Waals surface area contributed by atoms with Gasteiger partial charge in [-0.15, -0.1) is 0 Å². The molecule has 2 aliphatic rings. The average molecular weight is 298 g/mol. The van der Waals surface area contributed by atoms with Gasteiger partial charge in [-0.1, -0.05) is 18.2 Å². The number of hydrogen-bond donors (Lipinski definition) is 0. The minimum absolute atomic E-state index is 0.0522. The molecule has 1 fully saturated rings. The van der Waals surface area contributed by atoms with E-state index in [1.165, 1.54) is 5.56 Å². The summed E-state index contributed by atoms with van der Waals surface area (Å²) in [7, 11) is 0. The summed E-state index contributed by atoms with van der Waals surface area (Å²) in [5.41, 5.74) is 3.84. The number of aryl methyl sites for hydroxylation is 3. The van der Waals surface area contributed by atoms with Gasteiger partial charge in [0.1, 0.15) is 0 Å². The lowest BCUT2D eigenvalue weighted by Crippen LogP contribution is -2.24. The molecule has 0 spiro atoms. The molecule has 3 heteroatoms. The van der Waals surface area contributed by atoms with E-state index >= 15 is 0 Å². The first-order valence-corrected chi connectivity index (χ1v) is 7.91. The van der Waals surface area contributed by atoms with E-state index in [1.54, 1.807) is 0 Å². The van der Waals surface area contributed by atoms with Gasteiger partial charge in [0.2, 0.25) is 5.78 Å². The van der Waals surface area contributed by atoms with Crippen LogP contribution in [0.15, 0.2) is 24.3 Å². The predicted molar refractivity (Wildman–Crippen MR) is 84.8 cm³/mol. The Morgan fingerprint density at radius 1 is 1.05 bits per heavy atom. The summed E-state index contributed by atoms with van der Waals surface area (Å²) >= 11 is 0. The van der Waals surface area contributed by atoms with Crippen molar-refractivity contribution in [2.24, 2.45) is 17.8 Å². The Kier molecular flexibility index (Phi) is 3.90. The molecule has 0 radical (unpaired) electrons. The van der Waals surface area contributed by atoms with Gasteiger partial charge in [-0.3, -0.25) is 9.59 Å². The van der Waals surface area contributed by atoms with Gasteiger partial charge in [0.05, 0.1) is 5.92 Å². The normalized spacial score (nSPS) is 25.5. The molecule has 22 heavy (non-hydrogen) atoms. The molecule has 2 aliphatic carbocycles. The Bertz CT molecular complexity index is 657. The van der Waals surface area contributed by atoms with Crippen LogP contribution in [-0.2, 0) is 9.53 Å². The van der Waals surface area contributed by atoms with E-state index in [2.05, 4.69) is 12.2 Å². The van der Waals surface area contributed by atoms with Crippen LogP contribution in [0.25, 0.3) is 0 Å². The minimum atomic E-state index is -0.216. The van der Waals surface area contributed by atoms with Gasteiger partial charge in [0.25, 0.3) is 0 Å². The van der Waals surface area contributed by atoms with Gasteiger partial charge >= 0.3 is 5.97 Å². The molecule has 3 atom stereocenters. The van der Waals surface area contributed by atoms with Crippen molar-refractivity contribution in [3.63, 3.8) is 0 Å². The van der Waals surface area contributed by atoms with E-state index in [9.17, 15) is 9.59 Å². The maximum Gasteiger partial charge on any atom is 0.310 e. The molecule has 116 valence electrons. The summed E-state index contributed by atoms with van der Waals surface area (Å²) < 4.78 is 5.30. The topological polar surface area (TPSA) is 43.4 Å². The number of allylic oxidation sites excluding steroid dienone is 2. The van der Waals surface area contributed by atoms with Crippen LogP contribution >= 0.6 is 0 Å². The molecular formula is C19H22O3. The smallest absolute Gasteiger partial charge is 0.310 e. The maximum atomic E-state index is 12.3. The van der Waals surface area contributed by atoms with Gasteiger partial charge in [-0.05, 0) is 68.2 Å². The van der Waals surface area contributed by atoms with E-state index in [-0.39, 0.29) is 24.3 Å². The minimum Gasteiger partial charge on any atom is -0.457 e. The van der Waals surface area contributed by atoms with Crippen molar-refractivity contribution < 1.29 is 14.3 Å². The molecule has 0 N–H and O–H groups in total. The highest BCUT2D eigenvalue weighted by molar-refractivity contribution is 5.99. The Hall–Kier alpha value is -1.90. The average Bonchev–Trinajstić information content (AvgIpc) is 3.11. The van der Waals surface area contributed by atoms with Gasteiger partial charge < -0.3 is 4.74 Å². The maximum absolute atomic E-state index is 12.3. The fraction of sp³-hybridized carbons (Fsp3) is 0.474. The quantitative estimate of drug-likeness (QED) is 0.485. The molecule has 0 amide bonds. The van der Waals surface area contributed by atoms with Crippen LogP contribution in [0.2, 0.25) is 0 Å². The number of benzene rings is 1. The number of carbonyl (C=O) groups excluding carboxylic acids is 2. The summed E-state index contributed by atoms with van der Waals surface area (Å²) in [4.78, 5) is 24.5. The number of ether oxygens (including phenoxy) is 1. The largest absolute Gasteiger partial charge is 0.457 e. The van der Waals surface area contributed by atoms with Crippen LogP contribution in [0.5, 0.6) is 0 Å². The number of rotatable bonds is 4. The van der Waals surface area contributed by atoms with Crippen LogP contribution in [-0.4, -0.2) is 18.4 Å². The van der Waals surface area contributed by atoms with Crippen molar-refractivity contribution in [3.8, 4) is 0 Å². The first-order valence-electron chi connectivity index (χ1n) is 7.91. The highest BCUT2D eigenvalue weighted by atomic mass is 16.5. The lowest BCUT2D eigenvalue weighted by atomic mass is 9.94. The number of ketones is 1. The number of esters is 1. The summed E-state index contributed by atoms with van der Waals surface area (Å²) in [5.74, 6) is 0.458. The summed E-state index contributed by atoms with van der Waals surface area (Å²) in [6.07, 6.45) is 6.24. The summed E-state index contributed by atoms with van der Waals surface area (Å²) in [6, 6.07) is 3.90. The third kappa shape index (κ3) is 2.72. The lowest BCUT2D eigenvalue weighted by molar-refractivity contribution is -0.148. The molecule has 0 aromatic heterocycles. The second-order valence-corrected chi connectivity index (χ2v) is 6.67. The molecule has 0 heterocycles. The van der Waals surface area contributed by atoms with Crippen LogP contribution in [0.3, 0.4) is 0 Å². The van der Waals surface area contributed by atoms with Crippen molar-refractivity contribution in [3.05, 3.63) is 46.5 Å². The molecule has 3 rings (SSSR count). The number of fused-ring (bicyclic) bond motifs is 2. The first kappa shape index (κ1) is 15.0. The van der Waals surface area contributed by atoms with Crippen molar-refractivity contribution in [1.29, 1.82) is 0 Å². The molecule has 1 aromatic carbocycles. The lowest BCUT2D eigenvalue weighted by Gasteiger charge is -2.16. The molecule has 1 saturated carbocycles. The van der Waals surface area contributed by atoms with Gasteiger partial charge in [-0.25, -0.2) is 0 Å². The van der Waals surface area contributed by atoms with Gasteiger partial charge in [0, 0.05) is 5.56 Å². The summed E-state index contributed by atoms with van der Waals surface area (Å²) in [6.45, 7) is 5.78. The van der Waals surface area contributed by atoms with E-state index in [4.69, 9.17) is 4.74 Å². The van der Waals surface area contributed by atoms with E-state index < -0.39 is 0 Å². The van der Waals surface area contributed by atoms with Crippen LogP contribution in [0, 0.1) is 38.5 Å². The highest BCUT2D eigenvalue weighted by Crippen LogP contribution is 2.43. The summed E-state index contributed by atoms with van der Waals surface area (Å²) in [5, 5.41) is 0. The van der Waals surface area contributed by atoms with Gasteiger partial charge in [-0.2, -0.15) is 0 Å². The first-order chi connectivity index (χ1) is 10.5. The molecule has 1 aromatic rings. The monoisotopic (exact) mass is 298 g/mol. The second kappa shape index (κ2) is 5.71. The predicted octanol–water partition coefficient (Wildman–Crippen LogP) is 3.55. The van der Waals surface area contributed by atoms with Crippen molar-refractivity contribution >= 4 is 11.8 Å². The zero-order valence-corrected chi connectivity index (χ0v) is 13.4. The van der Waals surface area contributed by atoms with Crippen molar-refractivity contribution in [2.75, 3.05) is 6.61 Å². The Morgan fingerprint density at radius 3 is 2.41 bits per heavy atom. The Morgan fingerprint density at radius 2 is 1.77 bits per heavy atom. The molecule has 2 bridgehead atoms. The molecule has 0 aliphatic heterocycles. The van der Waals surface area contributed by atoms with Crippen LogP contribution in [0.1, 0.15) is 39.9 Å². The molecular weight excluding hydrogens is 276 g/mol. The van der Waals surface area contributed by atoms with Crippen LogP contribution < -0.4 is 0 Å². The van der Waals surface area contributed by atoms with Gasteiger partial charge in [0.15, 0.2) is 6.61 Å². The third-order valence-corrected chi connectivity index (χ3v) is 5.07. The number of Topliss-reactive ketones (excluding diaryl/α,β-unsaturated/α-hetero) is 1. The third-order valence-electron chi connectivity index (χ3n) is 5.07. The SMILES string of the molecule is Cc1cc(C)c(C(=O)COC(=O)[C@@H]2C[C@@H]3C=C[C@H]2C3)cc1C. The van der Waals surface area contributed by atoms with E-state index in [0.717, 1.165) is 24.0 Å². The standard InChI is InChI=1S/C19H22O3/c1-11-6-13(3)16(7-12(11)2)18(20)10-22-19(21)17-9-14-4-5-15(17)8-14/h4-7,14-15,17H,8-10H2,1-3H3/t14-,15+,17-/m1/s1. The van der Waals surface area contributed by atoms with Crippen molar-refractivity contribution in [2.45, 2.75) is 33.6 Å². The second-order valence-electron chi connectivity index (χ2n) is 6.67. The Balaban J connectivity index is 1.62. The number of carbonyl (C=O) groups is 2. The molecule has 0 saturated heterocycles. The zero-order chi connectivity index (χ0) is 15.9. The van der Waals surface area contributed by atoms with Crippen molar-refractivity contribution in [1.82, 2.24) is 0 Å². The number of hydrogen-bond acceptors (Lipinski definition) is 3. The fourth-order valence-corrected chi connectivity index (χ4v) is 3.63. The van der Waals surface area contributed by atoms with E-state index in [1.807, 2.05) is 32.9 Å². The molecule has 3 nitrogen and oxygen atoms in total. The highest BCUT2D eigenvalue weighted by Gasteiger charge is 2.40. The van der Waals surface area contributed by atoms with E-state index in [0.29, 0.717) is 17.4 Å².